The summed E-state index contributed by atoms with van der Waals surface area (Å²) in [7, 11) is 0. The van der Waals surface area contributed by atoms with Crippen LogP contribution in [0.25, 0.3) is 11.3 Å². The third kappa shape index (κ3) is 1.93. The van der Waals surface area contributed by atoms with Gasteiger partial charge < -0.3 is 11.1 Å². The van der Waals surface area contributed by atoms with E-state index in [4.69, 9.17) is 5.73 Å². The molecule has 0 aliphatic carbocycles. The highest BCUT2D eigenvalue weighted by atomic mass is 14.9. The smallest absolute Gasteiger partial charge is 0.133 e. The Kier molecular flexibility index (Phi) is 2.90. The molecular formula is C13H15N5. The minimum atomic E-state index is 0.486. The van der Waals surface area contributed by atoms with Crippen LogP contribution in [0, 0.1) is 0 Å². The Morgan fingerprint density at radius 2 is 2.17 bits per heavy atom. The van der Waals surface area contributed by atoms with E-state index in [0.29, 0.717) is 11.7 Å². The van der Waals surface area contributed by atoms with Crippen LogP contribution < -0.4 is 11.1 Å². The highest BCUT2D eigenvalue weighted by Crippen LogP contribution is 2.33. The molecule has 0 aromatic carbocycles. The lowest BCUT2D eigenvalue weighted by molar-refractivity contribution is 0.763. The number of hydrogen-bond donors (Lipinski definition) is 2. The van der Waals surface area contributed by atoms with Gasteiger partial charge in [0.25, 0.3) is 0 Å². The van der Waals surface area contributed by atoms with E-state index in [9.17, 15) is 0 Å². The first-order valence-corrected chi connectivity index (χ1v) is 6.07. The van der Waals surface area contributed by atoms with Crippen LogP contribution in [-0.2, 0) is 0 Å². The van der Waals surface area contributed by atoms with Gasteiger partial charge in [-0.3, -0.25) is 0 Å². The number of anilines is 1. The fourth-order valence-electron chi connectivity index (χ4n) is 2.47. The number of nitrogens with one attached hydrogen (secondary N) is 1. The molecule has 3 N–H and O–H groups in total. The molecule has 3 rings (SSSR count). The minimum absolute atomic E-state index is 0.486. The van der Waals surface area contributed by atoms with Crippen LogP contribution in [0.2, 0.25) is 0 Å². The Morgan fingerprint density at radius 1 is 1.22 bits per heavy atom. The maximum Gasteiger partial charge on any atom is 0.133 e. The Bertz CT molecular complexity index is 534. The molecule has 92 valence electrons. The lowest BCUT2D eigenvalue weighted by Crippen LogP contribution is -2.10. The molecule has 1 unspecified atom stereocenters. The molecule has 5 heteroatoms. The monoisotopic (exact) mass is 241 g/mol. The van der Waals surface area contributed by atoms with Gasteiger partial charge in [0.1, 0.15) is 12.1 Å². The summed E-state index contributed by atoms with van der Waals surface area (Å²) in [6, 6.07) is 3.92. The average molecular weight is 241 g/mol. The molecule has 18 heavy (non-hydrogen) atoms. The van der Waals surface area contributed by atoms with Gasteiger partial charge in [0, 0.05) is 24.5 Å². The zero-order valence-electron chi connectivity index (χ0n) is 10.0. The third-order valence-electron chi connectivity index (χ3n) is 3.35. The van der Waals surface area contributed by atoms with Crippen LogP contribution in [0.5, 0.6) is 0 Å². The van der Waals surface area contributed by atoms with Gasteiger partial charge >= 0.3 is 0 Å². The number of nitrogens with two attached hydrogens (primary N) is 1. The summed E-state index contributed by atoms with van der Waals surface area (Å²) in [4.78, 5) is 12.4. The predicted molar refractivity (Wildman–Crippen MR) is 69.9 cm³/mol. The van der Waals surface area contributed by atoms with Gasteiger partial charge in [-0.15, -0.1) is 0 Å². The largest absolute Gasteiger partial charge is 0.383 e. The Balaban J connectivity index is 2.12. The van der Waals surface area contributed by atoms with E-state index < -0.39 is 0 Å². The van der Waals surface area contributed by atoms with Crippen LogP contribution in [-0.4, -0.2) is 28.0 Å². The number of pyridine rings is 1. The van der Waals surface area contributed by atoms with E-state index in [1.807, 2.05) is 12.1 Å². The van der Waals surface area contributed by atoms with Crippen molar-refractivity contribution in [1.82, 2.24) is 20.3 Å². The fourth-order valence-corrected chi connectivity index (χ4v) is 2.47. The molecule has 2 aromatic rings. The quantitative estimate of drug-likeness (QED) is 0.826. The average Bonchev–Trinajstić information content (AvgIpc) is 2.93. The zero-order chi connectivity index (χ0) is 12.4. The topological polar surface area (TPSA) is 76.7 Å². The summed E-state index contributed by atoms with van der Waals surface area (Å²) >= 11 is 0. The molecule has 0 spiro atoms. The van der Waals surface area contributed by atoms with Gasteiger partial charge in [-0.05, 0) is 36.6 Å². The van der Waals surface area contributed by atoms with Crippen molar-refractivity contribution in [2.24, 2.45) is 0 Å². The predicted octanol–water partition coefficient (Wildman–Crippen LogP) is 1.20. The maximum absolute atomic E-state index is 6.03. The fraction of sp³-hybridized carbons (Fsp3) is 0.308. The summed E-state index contributed by atoms with van der Waals surface area (Å²) in [6.07, 6.45) is 6.17. The number of aromatic nitrogens is 3. The number of rotatable bonds is 2. The van der Waals surface area contributed by atoms with Gasteiger partial charge in [-0.25, -0.2) is 15.0 Å². The van der Waals surface area contributed by atoms with Crippen LogP contribution in [0.1, 0.15) is 17.9 Å². The number of nitrogen functional groups attached to an aromatic ring is 1. The van der Waals surface area contributed by atoms with Crippen molar-refractivity contribution in [3.8, 4) is 11.3 Å². The van der Waals surface area contributed by atoms with E-state index in [2.05, 4.69) is 20.3 Å². The zero-order valence-corrected chi connectivity index (χ0v) is 10.0. The van der Waals surface area contributed by atoms with Crippen LogP contribution in [0.15, 0.2) is 30.9 Å². The standard InChI is InChI=1S/C13H15N5/c14-13-12(11-3-5-16-8-18-11)10(2-6-17-13)9-1-4-15-7-9/h2-3,5-6,8-9,15H,1,4,7H2,(H2,14,17). The molecule has 1 saturated heterocycles. The van der Waals surface area contributed by atoms with Gasteiger partial charge in [-0.1, -0.05) is 0 Å². The van der Waals surface area contributed by atoms with Crippen molar-refractivity contribution in [1.29, 1.82) is 0 Å². The number of hydrogen-bond acceptors (Lipinski definition) is 5. The highest BCUT2D eigenvalue weighted by molar-refractivity contribution is 5.74. The van der Waals surface area contributed by atoms with Crippen molar-refractivity contribution in [2.45, 2.75) is 12.3 Å². The normalized spacial score (nSPS) is 19.0. The summed E-state index contributed by atoms with van der Waals surface area (Å²) in [5, 5.41) is 3.37. The van der Waals surface area contributed by atoms with Gasteiger partial charge in [0.05, 0.1) is 5.69 Å². The van der Waals surface area contributed by atoms with Crippen LogP contribution in [0.4, 0.5) is 5.82 Å². The molecule has 0 saturated carbocycles. The molecule has 0 radical (unpaired) electrons. The Labute approximate surface area is 105 Å². The van der Waals surface area contributed by atoms with Crippen LogP contribution in [0.3, 0.4) is 0 Å². The molecular weight excluding hydrogens is 226 g/mol. The molecule has 0 bridgehead atoms. The molecule has 0 amide bonds. The number of nitrogens with zero attached hydrogens (tertiary/aromatic N) is 3. The minimum Gasteiger partial charge on any atom is -0.383 e. The Morgan fingerprint density at radius 3 is 2.89 bits per heavy atom. The second-order valence-electron chi connectivity index (χ2n) is 4.44. The first-order valence-electron chi connectivity index (χ1n) is 6.07. The molecule has 1 aliphatic rings. The summed E-state index contributed by atoms with van der Waals surface area (Å²) in [5.41, 5.74) is 9.05. The van der Waals surface area contributed by atoms with Crippen molar-refractivity contribution in [3.05, 3.63) is 36.4 Å². The highest BCUT2D eigenvalue weighted by Gasteiger charge is 2.22. The SMILES string of the molecule is Nc1nccc(C2CCNC2)c1-c1ccncn1. The van der Waals surface area contributed by atoms with Crippen molar-refractivity contribution in [3.63, 3.8) is 0 Å². The summed E-state index contributed by atoms with van der Waals surface area (Å²) in [5.74, 6) is 1.03. The lowest BCUT2D eigenvalue weighted by atomic mass is 9.93. The first kappa shape index (κ1) is 11.1. The molecule has 1 atom stereocenters. The molecule has 2 aromatic heterocycles. The second-order valence-corrected chi connectivity index (χ2v) is 4.44. The molecule has 3 heterocycles. The maximum atomic E-state index is 6.03. The van der Waals surface area contributed by atoms with E-state index in [1.54, 1.807) is 18.7 Å². The molecule has 5 nitrogen and oxygen atoms in total. The van der Waals surface area contributed by atoms with E-state index in [1.165, 1.54) is 5.56 Å². The van der Waals surface area contributed by atoms with E-state index in [0.717, 1.165) is 30.8 Å². The Hall–Kier alpha value is -2.01. The van der Waals surface area contributed by atoms with Crippen LogP contribution >= 0.6 is 0 Å². The molecule has 1 fully saturated rings. The lowest BCUT2D eigenvalue weighted by Gasteiger charge is -2.15. The van der Waals surface area contributed by atoms with Gasteiger partial charge in [0.15, 0.2) is 0 Å². The molecule has 1 aliphatic heterocycles. The van der Waals surface area contributed by atoms with Crippen molar-refractivity contribution in [2.75, 3.05) is 18.8 Å². The van der Waals surface area contributed by atoms with Gasteiger partial charge in [0.2, 0.25) is 0 Å². The first-order chi connectivity index (χ1) is 8.86. The van der Waals surface area contributed by atoms with Gasteiger partial charge in [-0.2, -0.15) is 0 Å². The van der Waals surface area contributed by atoms with E-state index in [-0.39, 0.29) is 0 Å². The van der Waals surface area contributed by atoms with Crippen molar-refractivity contribution >= 4 is 5.82 Å². The third-order valence-corrected chi connectivity index (χ3v) is 3.35. The van der Waals surface area contributed by atoms with E-state index >= 15 is 0 Å². The summed E-state index contributed by atoms with van der Waals surface area (Å²) in [6.45, 7) is 2.04. The second kappa shape index (κ2) is 4.70. The van der Waals surface area contributed by atoms with Crippen molar-refractivity contribution < 1.29 is 0 Å². The summed E-state index contributed by atoms with van der Waals surface area (Å²) < 4.78 is 0.